The molecule has 3 nitrogen and oxygen atoms in total. The van der Waals surface area contributed by atoms with Crippen LogP contribution in [0.4, 0.5) is 4.39 Å². The summed E-state index contributed by atoms with van der Waals surface area (Å²) < 4.78 is 13.2. The number of aryl methyl sites for hydroxylation is 1. The van der Waals surface area contributed by atoms with Crippen LogP contribution < -0.4 is 5.73 Å². The Hall–Kier alpha value is -1.42. The molecule has 98 valence electrons. The fraction of sp³-hybridized carbons (Fsp3) is 0.500. The van der Waals surface area contributed by atoms with Crippen LogP contribution in [0.3, 0.4) is 0 Å². The molecular formula is C14H20FN3. The smallest absolute Gasteiger partial charge is 0.123 e. The van der Waals surface area contributed by atoms with Crippen LogP contribution >= 0.6 is 0 Å². The van der Waals surface area contributed by atoms with Crippen molar-refractivity contribution in [2.45, 2.75) is 26.3 Å². The molecule has 4 heteroatoms. The fourth-order valence-electron chi connectivity index (χ4n) is 2.50. The van der Waals surface area contributed by atoms with Crippen molar-refractivity contribution in [1.29, 1.82) is 5.41 Å². The standard InChI is InChI=1S/C14H20FN3/c1-10-4-5-13(15)7-12(10)9-18-6-2-3-11(8-18)14(16)17/h4-5,7,11H,2-3,6,8-9H2,1H3,(H3,16,17). The molecule has 1 aromatic rings. The Balaban J connectivity index is 2.04. The van der Waals surface area contributed by atoms with E-state index in [0.717, 1.165) is 43.6 Å². The van der Waals surface area contributed by atoms with E-state index in [1.165, 1.54) is 6.07 Å². The van der Waals surface area contributed by atoms with Crippen LogP contribution in [0.2, 0.25) is 0 Å². The molecule has 0 spiro atoms. The number of rotatable bonds is 3. The molecule has 1 unspecified atom stereocenters. The first-order valence-electron chi connectivity index (χ1n) is 6.37. The Morgan fingerprint density at radius 3 is 3.06 bits per heavy atom. The first-order valence-corrected chi connectivity index (χ1v) is 6.37. The number of benzene rings is 1. The Morgan fingerprint density at radius 2 is 2.33 bits per heavy atom. The van der Waals surface area contributed by atoms with Crippen molar-refractivity contribution in [2.24, 2.45) is 11.7 Å². The molecule has 1 saturated heterocycles. The minimum atomic E-state index is -0.185. The molecule has 0 radical (unpaired) electrons. The molecule has 0 amide bonds. The summed E-state index contributed by atoms with van der Waals surface area (Å²) in [6, 6.07) is 4.91. The van der Waals surface area contributed by atoms with Gasteiger partial charge < -0.3 is 5.73 Å². The molecule has 1 aromatic carbocycles. The van der Waals surface area contributed by atoms with E-state index in [1.807, 2.05) is 13.0 Å². The van der Waals surface area contributed by atoms with Crippen molar-refractivity contribution in [3.05, 3.63) is 35.1 Å². The van der Waals surface area contributed by atoms with E-state index in [-0.39, 0.29) is 17.6 Å². The van der Waals surface area contributed by atoms with Crippen molar-refractivity contribution >= 4 is 5.84 Å². The first-order chi connectivity index (χ1) is 8.56. The van der Waals surface area contributed by atoms with E-state index in [4.69, 9.17) is 11.1 Å². The number of nitrogens with two attached hydrogens (primary N) is 1. The summed E-state index contributed by atoms with van der Waals surface area (Å²) in [5.74, 6) is 0.249. The third-order valence-corrected chi connectivity index (χ3v) is 3.65. The maximum atomic E-state index is 13.2. The van der Waals surface area contributed by atoms with Crippen molar-refractivity contribution < 1.29 is 4.39 Å². The Labute approximate surface area is 107 Å². The number of piperidine rings is 1. The summed E-state index contributed by atoms with van der Waals surface area (Å²) in [7, 11) is 0. The number of nitrogens with one attached hydrogen (secondary N) is 1. The van der Waals surface area contributed by atoms with Crippen molar-refractivity contribution in [3.63, 3.8) is 0 Å². The molecule has 0 bridgehead atoms. The van der Waals surface area contributed by atoms with Gasteiger partial charge in [0.15, 0.2) is 0 Å². The van der Waals surface area contributed by atoms with Gasteiger partial charge in [0.1, 0.15) is 5.82 Å². The molecule has 1 atom stereocenters. The molecule has 3 N–H and O–H groups in total. The number of hydrogen-bond acceptors (Lipinski definition) is 2. The van der Waals surface area contributed by atoms with Gasteiger partial charge in [-0.05, 0) is 49.6 Å². The average molecular weight is 249 g/mol. The lowest BCUT2D eigenvalue weighted by atomic mass is 9.96. The summed E-state index contributed by atoms with van der Waals surface area (Å²) in [5.41, 5.74) is 7.71. The second-order valence-electron chi connectivity index (χ2n) is 5.10. The van der Waals surface area contributed by atoms with Crippen LogP contribution in [0.5, 0.6) is 0 Å². The van der Waals surface area contributed by atoms with Gasteiger partial charge in [-0.15, -0.1) is 0 Å². The van der Waals surface area contributed by atoms with E-state index in [2.05, 4.69) is 4.90 Å². The third-order valence-electron chi connectivity index (χ3n) is 3.65. The molecule has 1 aliphatic heterocycles. The van der Waals surface area contributed by atoms with Crippen LogP contribution in [0.1, 0.15) is 24.0 Å². The van der Waals surface area contributed by atoms with Gasteiger partial charge in [-0.1, -0.05) is 6.07 Å². The normalized spacial score (nSPS) is 20.9. The lowest BCUT2D eigenvalue weighted by Gasteiger charge is -2.32. The predicted molar refractivity (Wildman–Crippen MR) is 71.1 cm³/mol. The van der Waals surface area contributed by atoms with Gasteiger partial charge in [0.2, 0.25) is 0 Å². The van der Waals surface area contributed by atoms with Crippen LogP contribution in [0, 0.1) is 24.1 Å². The molecule has 1 heterocycles. The quantitative estimate of drug-likeness (QED) is 0.638. The van der Waals surface area contributed by atoms with Crippen LogP contribution in [0.25, 0.3) is 0 Å². The zero-order valence-corrected chi connectivity index (χ0v) is 10.7. The summed E-state index contributed by atoms with van der Waals surface area (Å²) in [5, 5.41) is 7.53. The van der Waals surface area contributed by atoms with Gasteiger partial charge in [-0.3, -0.25) is 10.3 Å². The molecular weight excluding hydrogens is 229 g/mol. The molecule has 1 fully saturated rings. The van der Waals surface area contributed by atoms with Gasteiger partial charge in [-0.2, -0.15) is 0 Å². The molecule has 18 heavy (non-hydrogen) atoms. The first kappa shape index (κ1) is 13.0. The predicted octanol–water partition coefficient (Wildman–Crippen LogP) is 2.28. The highest BCUT2D eigenvalue weighted by atomic mass is 19.1. The summed E-state index contributed by atoms with van der Waals surface area (Å²) in [6.07, 6.45) is 2.05. The van der Waals surface area contributed by atoms with Gasteiger partial charge in [0.25, 0.3) is 0 Å². The third kappa shape index (κ3) is 3.07. The maximum absolute atomic E-state index is 13.2. The second kappa shape index (κ2) is 5.48. The SMILES string of the molecule is Cc1ccc(F)cc1CN1CCCC(C(=N)N)C1. The zero-order chi connectivity index (χ0) is 13.1. The molecule has 1 aliphatic rings. The highest BCUT2D eigenvalue weighted by Gasteiger charge is 2.22. The molecule has 0 aliphatic carbocycles. The number of amidine groups is 1. The second-order valence-corrected chi connectivity index (χ2v) is 5.10. The molecule has 0 saturated carbocycles. The lowest BCUT2D eigenvalue weighted by Crippen LogP contribution is -2.40. The topological polar surface area (TPSA) is 53.1 Å². The van der Waals surface area contributed by atoms with Gasteiger partial charge in [0, 0.05) is 19.0 Å². The van der Waals surface area contributed by atoms with Gasteiger partial charge >= 0.3 is 0 Å². The molecule has 2 rings (SSSR count). The monoisotopic (exact) mass is 249 g/mol. The van der Waals surface area contributed by atoms with Crippen LogP contribution in [-0.2, 0) is 6.54 Å². The van der Waals surface area contributed by atoms with Crippen LogP contribution in [0.15, 0.2) is 18.2 Å². The van der Waals surface area contributed by atoms with E-state index in [1.54, 1.807) is 6.07 Å². The van der Waals surface area contributed by atoms with E-state index in [9.17, 15) is 4.39 Å². The number of likely N-dealkylation sites (tertiary alicyclic amines) is 1. The summed E-state index contributed by atoms with van der Waals surface area (Å²) in [4.78, 5) is 2.26. The average Bonchev–Trinajstić information content (AvgIpc) is 2.34. The lowest BCUT2D eigenvalue weighted by molar-refractivity contribution is 0.195. The van der Waals surface area contributed by atoms with E-state index < -0.39 is 0 Å². The molecule has 0 aromatic heterocycles. The summed E-state index contributed by atoms with van der Waals surface area (Å²) in [6.45, 7) is 4.56. The summed E-state index contributed by atoms with van der Waals surface area (Å²) >= 11 is 0. The van der Waals surface area contributed by atoms with Crippen molar-refractivity contribution in [1.82, 2.24) is 4.90 Å². The number of hydrogen-bond donors (Lipinski definition) is 2. The van der Waals surface area contributed by atoms with Crippen LogP contribution in [-0.4, -0.2) is 23.8 Å². The Bertz CT molecular complexity index is 445. The fourth-order valence-corrected chi connectivity index (χ4v) is 2.50. The largest absolute Gasteiger partial charge is 0.387 e. The van der Waals surface area contributed by atoms with E-state index >= 15 is 0 Å². The Morgan fingerprint density at radius 1 is 1.56 bits per heavy atom. The van der Waals surface area contributed by atoms with Crippen molar-refractivity contribution in [3.8, 4) is 0 Å². The maximum Gasteiger partial charge on any atom is 0.123 e. The highest BCUT2D eigenvalue weighted by molar-refractivity contribution is 5.79. The highest BCUT2D eigenvalue weighted by Crippen LogP contribution is 2.20. The minimum Gasteiger partial charge on any atom is -0.387 e. The van der Waals surface area contributed by atoms with Gasteiger partial charge in [0.05, 0.1) is 5.84 Å². The number of nitrogens with zero attached hydrogens (tertiary/aromatic N) is 1. The van der Waals surface area contributed by atoms with E-state index in [0.29, 0.717) is 0 Å². The Kier molecular flexibility index (Phi) is 3.97. The number of halogens is 1. The zero-order valence-electron chi connectivity index (χ0n) is 10.7. The van der Waals surface area contributed by atoms with Gasteiger partial charge in [-0.25, -0.2) is 4.39 Å². The minimum absolute atomic E-state index is 0.160. The van der Waals surface area contributed by atoms with Crippen molar-refractivity contribution in [2.75, 3.05) is 13.1 Å².